The first kappa shape index (κ1) is 11.2. The molecule has 90 valence electrons. The molecule has 0 radical (unpaired) electrons. The lowest BCUT2D eigenvalue weighted by molar-refractivity contribution is 0.342. The Bertz CT molecular complexity index is 646. The minimum atomic E-state index is 0.0805. The fraction of sp³-hybridized carbons (Fsp3) is 0.500. The first-order chi connectivity index (χ1) is 8.27. The van der Waals surface area contributed by atoms with Crippen molar-refractivity contribution < 1.29 is 0 Å². The molecule has 1 saturated carbocycles. The van der Waals surface area contributed by atoms with Gasteiger partial charge in [-0.3, -0.25) is 9.36 Å². The van der Waals surface area contributed by atoms with Crippen molar-refractivity contribution >= 4 is 33.8 Å². The molecule has 2 aromatic heterocycles. The Hall–Kier alpha value is -0.940. The molecule has 5 heteroatoms. The van der Waals surface area contributed by atoms with Gasteiger partial charge in [-0.15, -0.1) is 11.3 Å². The van der Waals surface area contributed by atoms with Gasteiger partial charge in [-0.05, 0) is 36.5 Å². The molecule has 1 aliphatic carbocycles. The van der Waals surface area contributed by atoms with Gasteiger partial charge in [-0.2, -0.15) is 0 Å². The van der Waals surface area contributed by atoms with E-state index in [1.165, 1.54) is 30.6 Å². The number of hydrogen-bond donors (Lipinski definition) is 1. The van der Waals surface area contributed by atoms with E-state index in [0.717, 1.165) is 23.1 Å². The summed E-state index contributed by atoms with van der Waals surface area (Å²) in [5.41, 5.74) is 0.0805. The summed E-state index contributed by atoms with van der Waals surface area (Å²) in [7, 11) is 0. The summed E-state index contributed by atoms with van der Waals surface area (Å²) < 4.78 is 2.38. The summed E-state index contributed by atoms with van der Waals surface area (Å²) in [4.78, 5) is 16.5. The Balaban J connectivity index is 2.20. The van der Waals surface area contributed by atoms with E-state index in [1.54, 1.807) is 4.57 Å². The fourth-order valence-corrected chi connectivity index (χ4v) is 3.80. The standard InChI is InChI=1S/C12H14N2OS2/c15-11-9-6-7-17-10(9)13-12(16)14(11)8-4-2-1-3-5-8/h6-8H,1-5H2,(H,13,16). The molecule has 3 rings (SSSR count). The van der Waals surface area contributed by atoms with Gasteiger partial charge in [0.2, 0.25) is 0 Å². The number of thiophene rings is 1. The summed E-state index contributed by atoms with van der Waals surface area (Å²) in [5.74, 6) is 0. The quantitative estimate of drug-likeness (QED) is 0.800. The molecule has 0 aliphatic heterocycles. The van der Waals surface area contributed by atoms with Crippen molar-refractivity contribution in [2.45, 2.75) is 38.1 Å². The van der Waals surface area contributed by atoms with Crippen LogP contribution >= 0.6 is 23.6 Å². The molecule has 1 fully saturated rings. The summed E-state index contributed by atoms with van der Waals surface area (Å²) in [5, 5.41) is 2.71. The Kier molecular flexibility index (Phi) is 2.88. The normalized spacial score (nSPS) is 17.6. The lowest BCUT2D eigenvalue weighted by Crippen LogP contribution is -2.27. The van der Waals surface area contributed by atoms with Crippen LogP contribution in [0.3, 0.4) is 0 Å². The summed E-state index contributed by atoms with van der Waals surface area (Å²) in [6.45, 7) is 0. The van der Waals surface area contributed by atoms with E-state index < -0.39 is 0 Å². The van der Waals surface area contributed by atoms with Gasteiger partial charge in [0, 0.05) is 6.04 Å². The van der Waals surface area contributed by atoms with Gasteiger partial charge in [-0.25, -0.2) is 0 Å². The largest absolute Gasteiger partial charge is 0.323 e. The molecule has 2 heterocycles. The van der Waals surface area contributed by atoms with E-state index in [2.05, 4.69) is 4.98 Å². The summed E-state index contributed by atoms with van der Waals surface area (Å²) in [6, 6.07) is 2.18. The molecule has 0 saturated heterocycles. The maximum absolute atomic E-state index is 12.4. The number of fused-ring (bicyclic) bond motifs is 1. The minimum Gasteiger partial charge on any atom is -0.323 e. The first-order valence-corrected chi connectivity index (χ1v) is 7.28. The lowest BCUT2D eigenvalue weighted by atomic mass is 9.95. The molecule has 0 bridgehead atoms. The number of nitrogens with one attached hydrogen (secondary N) is 1. The maximum atomic E-state index is 12.4. The molecule has 17 heavy (non-hydrogen) atoms. The Morgan fingerprint density at radius 3 is 2.88 bits per heavy atom. The van der Waals surface area contributed by atoms with Crippen molar-refractivity contribution in [3.8, 4) is 0 Å². The van der Waals surface area contributed by atoms with Crippen LogP contribution in [0.15, 0.2) is 16.2 Å². The summed E-state index contributed by atoms with van der Waals surface area (Å²) >= 11 is 6.86. The molecule has 0 atom stereocenters. The van der Waals surface area contributed by atoms with Gasteiger partial charge in [-0.1, -0.05) is 19.3 Å². The van der Waals surface area contributed by atoms with E-state index in [9.17, 15) is 4.79 Å². The van der Waals surface area contributed by atoms with Gasteiger partial charge in [0.15, 0.2) is 4.77 Å². The van der Waals surface area contributed by atoms with Crippen LogP contribution in [0.25, 0.3) is 10.2 Å². The van der Waals surface area contributed by atoms with Gasteiger partial charge < -0.3 is 4.98 Å². The fourth-order valence-electron chi connectivity index (χ4n) is 2.62. The van der Waals surface area contributed by atoms with Crippen molar-refractivity contribution in [2.75, 3.05) is 0 Å². The Labute approximate surface area is 108 Å². The van der Waals surface area contributed by atoms with Gasteiger partial charge in [0.25, 0.3) is 5.56 Å². The lowest BCUT2D eigenvalue weighted by Gasteiger charge is -2.23. The number of nitrogens with zero attached hydrogens (tertiary/aromatic N) is 1. The van der Waals surface area contributed by atoms with Crippen molar-refractivity contribution in [3.63, 3.8) is 0 Å². The van der Waals surface area contributed by atoms with Gasteiger partial charge in [0.05, 0.1) is 5.39 Å². The van der Waals surface area contributed by atoms with Crippen LogP contribution in [0.5, 0.6) is 0 Å². The average molecular weight is 266 g/mol. The molecule has 2 aromatic rings. The highest BCUT2D eigenvalue weighted by Crippen LogP contribution is 2.27. The highest BCUT2D eigenvalue weighted by Gasteiger charge is 2.18. The first-order valence-electron chi connectivity index (χ1n) is 5.99. The van der Waals surface area contributed by atoms with E-state index in [1.807, 2.05) is 11.4 Å². The van der Waals surface area contributed by atoms with Crippen LogP contribution in [-0.4, -0.2) is 9.55 Å². The molecule has 3 nitrogen and oxygen atoms in total. The number of aromatic nitrogens is 2. The Morgan fingerprint density at radius 1 is 1.35 bits per heavy atom. The zero-order valence-electron chi connectivity index (χ0n) is 9.44. The maximum Gasteiger partial charge on any atom is 0.263 e. The highest BCUT2D eigenvalue weighted by atomic mass is 32.1. The van der Waals surface area contributed by atoms with Gasteiger partial charge in [0.1, 0.15) is 4.83 Å². The van der Waals surface area contributed by atoms with E-state index in [-0.39, 0.29) is 5.56 Å². The third-order valence-corrected chi connectivity index (χ3v) is 4.62. The van der Waals surface area contributed by atoms with Crippen LogP contribution in [0, 0.1) is 4.77 Å². The molecule has 0 amide bonds. The predicted octanol–water partition coefficient (Wildman–Crippen LogP) is 3.63. The molecule has 0 unspecified atom stereocenters. The van der Waals surface area contributed by atoms with E-state index in [4.69, 9.17) is 12.2 Å². The zero-order valence-corrected chi connectivity index (χ0v) is 11.1. The molecule has 1 N–H and O–H groups in total. The second-order valence-corrected chi connectivity index (χ2v) is 5.86. The smallest absolute Gasteiger partial charge is 0.263 e. The van der Waals surface area contributed by atoms with Gasteiger partial charge >= 0.3 is 0 Å². The molecule has 0 spiro atoms. The van der Waals surface area contributed by atoms with Crippen molar-refractivity contribution in [3.05, 3.63) is 26.6 Å². The predicted molar refractivity (Wildman–Crippen MR) is 73.4 cm³/mol. The van der Waals surface area contributed by atoms with Crippen LogP contribution < -0.4 is 5.56 Å². The minimum absolute atomic E-state index is 0.0805. The molecule has 0 aromatic carbocycles. The van der Waals surface area contributed by atoms with E-state index >= 15 is 0 Å². The third kappa shape index (κ3) is 1.87. The molecular formula is C12H14N2OS2. The van der Waals surface area contributed by atoms with Crippen LogP contribution in [0.4, 0.5) is 0 Å². The van der Waals surface area contributed by atoms with Crippen molar-refractivity contribution in [2.24, 2.45) is 0 Å². The average Bonchev–Trinajstić information content (AvgIpc) is 2.78. The second-order valence-electron chi connectivity index (χ2n) is 4.56. The molecular weight excluding hydrogens is 252 g/mol. The van der Waals surface area contributed by atoms with Crippen LogP contribution in [-0.2, 0) is 0 Å². The number of aromatic amines is 1. The number of hydrogen-bond acceptors (Lipinski definition) is 3. The van der Waals surface area contributed by atoms with Crippen LogP contribution in [0.1, 0.15) is 38.1 Å². The highest BCUT2D eigenvalue weighted by molar-refractivity contribution is 7.71. The molecule has 1 aliphatic rings. The van der Waals surface area contributed by atoms with Crippen molar-refractivity contribution in [1.82, 2.24) is 9.55 Å². The third-order valence-electron chi connectivity index (χ3n) is 3.49. The second kappa shape index (κ2) is 4.38. The van der Waals surface area contributed by atoms with Crippen molar-refractivity contribution in [1.29, 1.82) is 0 Å². The Morgan fingerprint density at radius 2 is 2.12 bits per heavy atom. The number of H-pyrrole nitrogens is 1. The topological polar surface area (TPSA) is 37.8 Å². The summed E-state index contributed by atoms with van der Waals surface area (Å²) in [6.07, 6.45) is 5.84. The van der Waals surface area contributed by atoms with Crippen LogP contribution in [0.2, 0.25) is 0 Å². The zero-order chi connectivity index (χ0) is 11.8. The SMILES string of the molecule is O=c1c2ccsc2[nH]c(=S)n1C1CCCCC1. The van der Waals surface area contributed by atoms with E-state index in [0.29, 0.717) is 10.8 Å². The number of rotatable bonds is 1. The monoisotopic (exact) mass is 266 g/mol.